The minimum Gasteiger partial charge on any atom is -0.459 e. The van der Waals surface area contributed by atoms with Crippen LogP contribution < -0.4 is 5.32 Å². The summed E-state index contributed by atoms with van der Waals surface area (Å²) < 4.78 is 19.6. The predicted octanol–water partition coefficient (Wildman–Crippen LogP) is 2.36. The number of rotatable bonds is 5. The Labute approximate surface area is 172 Å². The molecule has 0 spiro atoms. The maximum absolute atomic E-state index is 13.0. The zero-order chi connectivity index (χ0) is 21.1. The van der Waals surface area contributed by atoms with Gasteiger partial charge in [0, 0.05) is 45.8 Å². The molecule has 1 fully saturated rings. The van der Waals surface area contributed by atoms with Crippen molar-refractivity contribution in [2.75, 3.05) is 31.5 Å². The molecule has 3 aromatic rings. The van der Waals surface area contributed by atoms with Gasteiger partial charge in [-0.05, 0) is 29.8 Å². The Morgan fingerprint density at radius 2 is 1.87 bits per heavy atom. The second-order valence-electron chi connectivity index (χ2n) is 7.16. The van der Waals surface area contributed by atoms with E-state index in [1.165, 1.54) is 23.1 Å². The number of anilines is 1. The van der Waals surface area contributed by atoms with Gasteiger partial charge in [-0.1, -0.05) is 12.1 Å². The van der Waals surface area contributed by atoms with Gasteiger partial charge in [0.15, 0.2) is 11.5 Å². The molecule has 0 saturated carbocycles. The molecular weight excluding hydrogens is 389 g/mol. The third-order valence-electron chi connectivity index (χ3n) is 5.06. The zero-order valence-electron chi connectivity index (χ0n) is 16.5. The highest BCUT2D eigenvalue weighted by atomic mass is 19.1. The van der Waals surface area contributed by atoms with Crippen molar-refractivity contribution < 1.29 is 18.4 Å². The minimum absolute atomic E-state index is 0.175. The molecule has 156 valence electrons. The molecule has 1 saturated heterocycles. The van der Waals surface area contributed by atoms with Crippen LogP contribution in [0.3, 0.4) is 0 Å². The molecule has 0 radical (unpaired) electrons. The molecule has 2 aromatic heterocycles. The largest absolute Gasteiger partial charge is 0.459 e. The molecule has 1 N–H and O–H groups in total. The number of hydrogen-bond acceptors (Lipinski definition) is 5. The number of benzene rings is 1. The van der Waals surface area contributed by atoms with Crippen LogP contribution in [0.25, 0.3) is 0 Å². The van der Waals surface area contributed by atoms with Gasteiger partial charge in [-0.3, -0.25) is 19.2 Å². The van der Waals surface area contributed by atoms with Gasteiger partial charge in [0.2, 0.25) is 0 Å². The van der Waals surface area contributed by atoms with Crippen molar-refractivity contribution in [3.05, 3.63) is 71.6 Å². The summed E-state index contributed by atoms with van der Waals surface area (Å²) in [6.45, 7) is 3.31. The number of carbonyl (C=O) groups is 2. The number of aryl methyl sites for hydroxylation is 1. The number of aromatic nitrogens is 2. The van der Waals surface area contributed by atoms with Gasteiger partial charge < -0.3 is 14.6 Å². The van der Waals surface area contributed by atoms with E-state index in [1.807, 2.05) is 0 Å². The molecule has 1 aliphatic rings. The van der Waals surface area contributed by atoms with Crippen LogP contribution in [0.5, 0.6) is 0 Å². The van der Waals surface area contributed by atoms with Crippen molar-refractivity contribution in [1.29, 1.82) is 0 Å². The van der Waals surface area contributed by atoms with E-state index in [2.05, 4.69) is 15.3 Å². The molecule has 30 heavy (non-hydrogen) atoms. The van der Waals surface area contributed by atoms with E-state index in [0.29, 0.717) is 18.9 Å². The van der Waals surface area contributed by atoms with Crippen molar-refractivity contribution in [2.45, 2.75) is 6.54 Å². The number of piperazine rings is 1. The van der Waals surface area contributed by atoms with Crippen LogP contribution >= 0.6 is 0 Å². The van der Waals surface area contributed by atoms with Gasteiger partial charge in [-0.2, -0.15) is 5.10 Å². The Morgan fingerprint density at radius 3 is 2.53 bits per heavy atom. The van der Waals surface area contributed by atoms with Crippen LogP contribution in [0.4, 0.5) is 10.2 Å². The van der Waals surface area contributed by atoms with Gasteiger partial charge in [0.05, 0.1) is 6.26 Å². The van der Waals surface area contributed by atoms with Crippen LogP contribution in [0.15, 0.2) is 53.1 Å². The highest BCUT2D eigenvalue weighted by molar-refractivity contribution is 6.02. The average Bonchev–Trinajstić information content (AvgIpc) is 3.40. The number of carbonyl (C=O) groups excluding carboxylic acids is 2. The van der Waals surface area contributed by atoms with E-state index in [1.54, 1.807) is 42.3 Å². The van der Waals surface area contributed by atoms with E-state index in [9.17, 15) is 14.0 Å². The molecule has 1 aliphatic heterocycles. The van der Waals surface area contributed by atoms with Crippen molar-refractivity contribution in [2.24, 2.45) is 7.05 Å². The number of nitrogens with one attached hydrogen (secondary N) is 1. The van der Waals surface area contributed by atoms with E-state index in [-0.39, 0.29) is 23.2 Å². The van der Waals surface area contributed by atoms with E-state index in [0.717, 1.165) is 25.2 Å². The summed E-state index contributed by atoms with van der Waals surface area (Å²) in [6, 6.07) is 11.2. The molecule has 9 heteroatoms. The first-order chi connectivity index (χ1) is 14.5. The highest BCUT2D eigenvalue weighted by Crippen LogP contribution is 2.15. The van der Waals surface area contributed by atoms with Crippen LogP contribution in [-0.2, 0) is 13.6 Å². The Hall–Kier alpha value is -3.46. The van der Waals surface area contributed by atoms with Gasteiger partial charge >= 0.3 is 0 Å². The fourth-order valence-electron chi connectivity index (χ4n) is 3.39. The molecule has 4 rings (SSSR count). The van der Waals surface area contributed by atoms with Gasteiger partial charge in [-0.15, -0.1) is 0 Å². The quantitative estimate of drug-likeness (QED) is 0.697. The Balaban J connectivity index is 1.34. The number of hydrogen-bond donors (Lipinski definition) is 1. The third kappa shape index (κ3) is 4.41. The summed E-state index contributed by atoms with van der Waals surface area (Å²) in [5.74, 6) is -0.234. The summed E-state index contributed by atoms with van der Waals surface area (Å²) >= 11 is 0. The molecular formula is C21H22FN5O3. The zero-order valence-corrected chi connectivity index (χ0v) is 16.5. The van der Waals surface area contributed by atoms with Crippen LogP contribution in [0.2, 0.25) is 0 Å². The number of amides is 2. The van der Waals surface area contributed by atoms with Crippen molar-refractivity contribution >= 4 is 17.6 Å². The molecule has 2 amide bonds. The van der Waals surface area contributed by atoms with E-state index < -0.39 is 5.91 Å². The minimum atomic E-state index is -0.406. The molecule has 8 nitrogen and oxygen atoms in total. The summed E-state index contributed by atoms with van der Waals surface area (Å²) in [6.07, 6.45) is 1.42. The molecule has 0 aliphatic carbocycles. The lowest BCUT2D eigenvalue weighted by Gasteiger charge is -2.34. The number of nitrogens with zero attached hydrogens (tertiary/aromatic N) is 4. The van der Waals surface area contributed by atoms with Crippen molar-refractivity contribution in [1.82, 2.24) is 19.6 Å². The normalized spacial score (nSPS) is 14.7. The van der Waals surface area contributed by atoms with Crippen LogP contribution in [-0.4, -0.2) is 57.6 Å². The molecule has 0 bridgehead atoms. The van der Waals surface area contributed by atoms with Gasteiger partial charge in [0.25, 0.3) is 11.8 Å². The standard InChI is InChI=1S/C21H22FN5O3/c1-25-19(23-20(28)18-3-2-12-30-18)13-17(24-25)21(29)27-10-8-26(9-11-27)14-15-4-6-16(22)7-5-15/h2-7,12-13H,8-11,14H2,1H3,(H,23,28). The summed E-state index contributed by atoms with van der Waals surface area (Å²) in [5, 5.41) is 6.94. The lowest BCUT2D eigenvalue weighted by atomic mass is 10.2. The van der Waals surface area contributed by atoms with Gasteiger partial charge in [0.1, 0.15) is 11.6 Å². The molecule has 0 atom stereocenters. The Bertz CT molecular complexity index is 1020. The Kier molecular flexibility index (Phi) is 5.62. The SMILES string of the molecule is Cn1nc(C(=O)N2CCN(Cc3ccc(F)cc3)CC2)cc1NC(=O)c1ccco1. The number of halogens is 1. The lowest BCUT2D eigenvalue weighted by Crippen LogP contribution is -2.48. The van der Waals surface area contributed by atoms with Crippen LogP contribution in [0.1, 0.15) is 26.6 Å². The maximum Gasteiger partial charge on any atom is 0.292 e. The van der Waals surface area contributed by atoms with E-state index in [4.69, 9.17) is 4.42 Å². The van der Waals surface area contributed by atoms with Crippen molar-refractivity contribution in [3.63, 3.8) is 0 Å². The topological polar surface area (TPSA) is 83.6 Å². The maximum atomic E-state index is 13.0. The molecule has 0 unspecified atom stereocenters. The highest BCUT2D eigenvalue weighted by Gasteiger charge is 2.25. The second-order valence-corrected chi connectivity index (χ2v) is 7.16. The van der Waals surface area contributed by atoms with Gasteiger partial charge in [-0.25, -0.2) is 4.39 Å². The second kappa shape index (κ2) is 8.50. The first-order valence-corrected chi connectivity index (χ1v) is 9.64. The fourth-order valence-corrected chi connectivity index (χ4v) is 3.39. The fraction of sp³-hybridized carbons (Fsp3) is 0.286. The Morgan fingerprint density at radius 1 is 1.13 bits per heavy atom. The summed E-state index contributed by atoms with van der Waals surface area (Å²) in [7, 11) is 1.66. The average molecular weight is 411 g/mol. The smallest absolute Gasteiger partial charge is 0.292 e. The molecule has 3 heterocycles. The number of furan rings is 1. The lowest BCUT2D eigenvalue weighted by molar-refractivity contribution is 0.0622. The molecule has 1 aromatic carbocycles. The predicted molar refractivity (Wildman–Crippen MR) is 107 cm³/mol. The van der Waals surface area contributed by atoms with Crippen molar-refractivity contribution in [3.8, 4) is 0 Å². The van der Waals surface area contributed by atoms with E-state index >= 15 is 0 Å². The summed E-state index contributed by atoms with van der Waals surface area (Å²) in [5.41, 5.74) is 1.32. The monoisotopic (exact) mass is 411 g/mol. The summed E-state index contributed by atoms with van der Waals surface area (Å²) in [4.78, 5) is 29.0. The third-order valence-corrected chi connectivity index (χ3v) is 5.06. The first-order valence-electron chi connectivity index (χ1n) is 9.64. The first kappa shape index (κ1) is 19.8. The van der Waals surface area contributed by atoms with Crippen LogP contribution in [0, 0.1) is 5.82 Å².